The summed E-state index contributed by atoms with van der Waals surface area (Å²) in [5.74, 6) is -0.296. The zero-order valence-corrected chi connectivity index (χ0v) is 19.4. The average molecular weight is 458 g/mol. The van der Waals surface area contributed by atoms with Crippen LogP contribution in [0.4, 0.5) is 4.79 Å². The van der Waals surface area contributed by atoms with E-state index in [0.29, 0.717) is 30.9 Å². The van der Waals surface area contributed by atoms with Crippen molar-refractivity contribution in [1.29, 1.82) is 0 Å². The van der Waals surface area contributed by atoms with Gasteiger partial charge in [0.25, 0.3) is 0 Å². The third kappa shape index (κ3) is 7.21. The lowest BCUT2D eigenvalue weighted by Crippen LogP contribution is -2.45. The standard InChI is InChI=1S/C25H31NO5S/c1-18(2)31-24(28)23-13-12-22(32-23)9-6-15-26-20(14-16-30-25(26)29)10-11-21(27)17-19-7-4-3-5-8-19/h3-5,7-8,10-13,18,20-21,27H,6,9,14-17H2,1-2H3/t20-,21+/m0/s1. The number of carbonyl (C=O) groups is 2. The lowest BCUT2D eigenvalue weighted by Gasteiger charge is -2.33. The maximum absolute atomic E-state index is 12.3. The number of cyclic esters (lactones) is 1. The Morgan fingerprint density at radius 2 is 2.06 bits per heavy atom. The lowest BCUT2D eigenvalue weighted by atomic mass is 10.1. The molecule has 0 aliphatic carbocycles. The average Bonchev–Trinajstić information content (AvgIpc) is 3.23. The van der Waals surface area contributed by atoms with Crippen molar-refractivity contribution >= 4 is 23.4 Å². The molecule has 0 unspecified atom stereocenters. The third-order valence-electron chi connectivity index (χ3n) is 5.14. The fourth-order valence-electron chi connectivity index (χ4n) is 3.60. The Morgan fingerprint density at radius 3 is 2.81 bits per heavy atom. The largest absolute Gasteiger partial charge is 0.459 e. The SMILES string of the molecule is CC(C)OC(=O)c1ccc(CCCN2C(=O)OCC[C@@H]2C=C[C@@H](O)Cc2ccccc2)s1. The number of hydrogen-bond acceptors (Lipinski definition) is 6. The van der Waals surface area contributed by atoms with E-state index in [2.05, 4.69) is 0 Å². The van der Waals surface area contributed by atoms with Gasteiger partial charge in [0, 0.05) is 24.3 Å². The predicted octanol–water partition coefficient (Wildman–Crippen LogP) is 4.62. The number of benzene rings is 1. The molecule has 1 aliphatic rings. The molecule has 0 bridgehead atoms. The van der Waals surface area contributed by atoms with Gasteiger partial charge in [-0.15, -0.1) is 11.3 Å². The minimum Gasteiger partial charge on any atom is -0.459 e. The van der Waals surface area contributed by atoms with Crippen LogP contribution in [0.1, 0.15) is 46.8 Å². The Hall–Kier alpha value is -2.64. The van der Waals surface area contributed by atoms with Crippen LogP contribution in [0.5, 0.6) is 0 Å². The minimum atomic E-state index is -0.604. The highest BCUT2D eigenvalue weighted by atomic mass is 32.1. The highest BCUT2D eigenvalue weighted by molar-refractivity contribution is 7.13. The number of carbonyl (C=O) groups excluding carboxylic acids is 2. The summed E-state index contributed by atoms with van der Waals surface area (Å²) in [5.41, 5.74) is 1.07. The second kappa shape index (κ2) is 11.8. The van der Waals surface area contributed by atoms with Crippen LogP contribution in [-0.2, 0) is 22.3 Å². The smallest absolute Gasteiger partial charge is 0.410 e. The van der Waals surface area contributed by atoms with Crippen molar-refractivity contribution in [1.82, 2.24) is 4.90 Å². The normalized spacial score (nSPS) is 17.6. The molecule has 1 amide bonds. The number of ether oxygens (including phenoxy) is 2. The Kier molecular flexibility index (Phi) is 8.88. The molecule has 1 fully saturated rings. The van der Waals surface area contributed by atoms with E-state index < -0.39 is 6.10 Å². The number of rotatable bonds is 10. The van der Waals surface area contributed by atoms with Gasteiger partial charge in [-0.05, 0) is 44.4 Å². The fraction of sp³-hybridized carbons (Fsp3) is 0.440. The van der Waals surface area contributed by atoms with Gasteiger partial charge in [-0.25, -0.2) is 9.59 Å². The Balaban J connectivity index is 1.51. The number of aliphatic hydroxyl groups is 1. The first-order valence-corrected chi connectivity index (χ1v) is 11.9. The Morgan fingerprint density at radius 1 is 1.28 bits per heavy atom. The van der Waals surface area contributed by atoms with Gasteiger partial charge < -0.3 is 19.5 Å². The van der Waals surface area contributed by atoms with E-state index in [1.807, 2.05) is 56.3 Å². The van der Waals surface area contributed by atoms with Gasteiger partial charge in [0.2, 0.25) is 0 Å². The molecule has 1 aliphatic heterocycles. The first kappa shape index (κ1) is 24.0. The molecule has 1 aromatic carbocycles. The van der Waals surface area contributed by atoms with Gasteiger partial charge in [-0.1, -0.05) is 42.5 Å². The molecule has 2 aromatic rings. The monoisotopic (exact) mass is 457 g/mol. The van der Waals surface area contributed by atoms with Crippen molar-refractivity contribution in [3.8, 4) is 0 Å². The number of thiophene rings is 1. The van der Waals surface area contributed by atoms with E-state index >= 15 is 0 Å². The molecule has 1 N–H and O–H groups in total. The van der Waals surface area contributed by atoms with Gasteiger partial charge >= 0.3 is 12.1 Å². The van der Waals surface area contributed by atoms with E-state index in [9.17, 15) is 14.7 Å². The highest BCUT2D eigenvalue weighted by Crippen LogP contribution is 2.21. The first-order chi connectivity index (χ1) is 15.4. The summed E-state index contributed by atoms with van der Waals surface area (Å²) in [6.07, 6.45) is 5.37. The van der Waals surface area contributed by atoms with Crippen molar-refractivity contribution in [2.75, 3.05) is 13.2 Å². The zero-order valence-electron chi connectivity index (χ0n) is 18.6. The molecule has 0 spiro atoms. The van der Waals surface area contributed by atoms with E-state index in [4.69, 9.17) is 9.47 Å². The molecule has 2 atom stereocenters. The zero-order chi connectivity index (χ0) is 22.9. The number of esters is 1. The van der Waals surface area contributed by atoms with Gasteiger partial charge in [-0.3, -0.25) is 0 Å². The van der Waals surface area contributed by atoms with Crippen LogP contribution < -0.4 is 0 Å². The summed E-state index contributed by atoms with van der Waals surface area (Å²) in [5, 5.41) is 10.4. The fourth-order valence-corrected chi connectivity index (χ4v) is 4.53. The molecule has 0 radical (unpaired) electrons. The Bertz CT molecular complexity index is 908. The van der Waals surface area contributed by atoms with Crippen LogP contribution in [0.2, 0.25) is 0 Å². The van der Waals surface area contributed by atoms with Crippen LogP contribution in [0, 0.1) is 0 Å². The maximum Gasteiger partial charge on any atom is 0.410 e. The summed E-state index contributed by atoms with van der Waals surface area (Å²) < 4.78 is 10.5. The number of amides is 1. The van der Waals surface area contributed by atoms with Crippen LogP contribution in [0.15, 0.2) is 54.6 Å². The highest BCUT2D eigenvalue weighted by Gasteiger charge is 2.27. The van der Waals surface area contributed by atoms with Crippen LogP contribution in [0.25, 0.3) is 0 Å². The predicted molar refractivity (Wildman–Crippen MR) is 125 cm³/mol. The number of hydrogen-bond donors (Lipinski definition) is 1. The lowest BCUT2D eigenvalue weighted by molar-refractivity contribution is 0.0383. The van der Waals surface area contributed by atoms with Crippen molar-refractivity contribution in [2.45, 2.75) is 57.8 Å². The second-order valence-electron chi connectivity index (χ2n) is 8.13. The molecular weight excluding hydrogens is 426 g/mol. The molecule has 1 saturated heterocycles. The van der Waals surface area contributed by atoms with Crippen molar-refractivity contribution in [3.63, 3.8) is 0 Å². The molecule has 1 aromatic heterocycles. The van der Waals surface area contributed by atoms with Gasteiger partial charge in [-0.2, -0.15) is 0 Å². The van der Waals surface area contributed by atoms with E-state index in [-0.39, 0.29) is 24.2 Å². The third-order valence-corrected chi connectivity index (χ3v) is 6.27. The molecular formula is C25H31NO5S. The molecule has 7 heteroatoms. The summed E-state index contributed by atoms with van der Waals surface area (Å²) >= 11 is 1.43. The molecule has 32 heavy (non-hydrogen) atoms. The van der Waals surface area contributed by atoms with E-state index in [1.165, 1.54) is 11.3 Å². The number of nitrogens with zero attached hydrogens (tertiary/aromatic N) is 1. The summed E-state index contributed by atoms with van der Waals surface area (Å²) in [7, 11) is 0. The van der Waals surface area contributed by atoms with Crippen LogP contribution in [-0.4, -0.2) is 53.5 Å². The van der Waals surface area contributed by atoms with Crippen LogP contribution in [0.3, 0.4) is 0 Å². The van der Waals surface area contributed by atoms with Crippen molar-refractivity contribution < 1.29 is 24.2 Å². The second-order valence-corrected chi connectivity index (χ2v) is 9.30. The van der Waals surface area contributed by atoms with Gasteiger partial charge in [0.1, 0.15) is 4.88 Å². The summed E-state index contributed by atoms with van der Waals surface area (Å²) in [4.78, 5) is 27.7. The van der Waals surface area contributed by atoms with Crippen molar-refractivity contribution in [3.05, 3.63) is 69.9 Å². The van der Waals surface area contributed by atoms with Gasteiger partial charge in [0.05, 0.1) is 24.9 Å². The van der Waals surface area contributed by atoms with Crippen molar-refractivity contribution in [2.24, 2.45) is 0 Å². The van der Waals surface area contributed by atoms with E-state index in [0.717, 1.165) is 23.3 Å². The van der Waals surface area contributed by atoms with E-state index in [1.54, 1.807) is 17.0 Å². The molecule has 3 rings (SSSR count). The summed E-state index contributed by atoms with van der Waals surface area (Å²) in [6.45, 7) is 4.59. The Labute approximate surface area is 193 Å². The quantitative estimate of drug-likeness (QED) is 0.416. The minimum absolute atomic E-state index is 0.0958. The number of aliphatic hydroxyl groups excluding tert-OH is 1. The molecule has 0 saturated carbocycles. The van der Waals surface area contributed by atoms with Crippen LogP contribution >= 0.6 is 11.3 Å². The molecule has 6 nitrogen and oxygen atoms in total. The summed E-state index contributed by atoms with van der Waals surface area (Å²) in [6, 6.07) is 13.5. The van der Waals surface area contributed by atoms with Gasteiger partial charge in [0.15, 0.2) is 0 Å². The molecule has 172 valence electrons. The number of aryl methyl sites for hydroxylation is 1. The topological polar surface area (TPSA) is 76.1 Å². The molecule has 2 heterocycles. The maximum atomic E-state index is 12.3. The first-order valence-electron chi connectivity index (χ1n) is 11.1.